The molecule has 0 aromatic rings. The van der Waals surface area contributed by atoms with Crippen molar-refractivity contribution in [3.8, 4) is 0 Å². The van der Waals surface area contributed by atoms with Crippen LogP contribution in [0.25, 0.3) is 0 Å². The van der Waals surface area contributed by atoms with Crippen LogP contribution in [0.3, 0.4) is 0 Å². The van der Waals surface area contributed by atoms with Crippen LogP contribution in [-0.4, -0.2) is 84.1 Å². The number of halogens is 2. The number of likely N-dealkylation sites (N-methyl/N-ethyl adjacent to an activating group) is 2. The van der Waals surface area contributed by atoms with E-state index in [2.05, 4.69) is 0 Å². The van der Waals surface area contributed by atoms with Crippen LogP contribution in [0.1, 0.15) is 27.7 Å². The van der Waals surface area contributed by atoms with E-state index in [0.717, 1.165) is 0 Å². The van der Waals surface area contributed by atoms with Gasteiger partial charge in [-0.1, -0.05) is 0 Å². The lowest BCUT2D eigenvalue weighted by Gasteiger charge is -2.28. The van der Waals surface area contributed by atoms with Crippen LogP contribution in [-0.2, 0) is 9.47 Å². The van der Waals surface area contributed by atoms with Crippen molar-refractivity contribution in [2.75, 3.05) is 40.5 Å². The fourth-order valence-corrected chi connectivity index (χ4v) is 2.65. The zero-order chi connectivity index (χ0) is 20.1. The van der Waals surface area contributed by atoms with Crippen molar-refractivity contribution >= 4 is 0 Å². The average Bonchev–Trinajstić information content (AvgIpc) is 2.99. The van der Waals surface area contributed by atoms with Crippen molar-refractivity contribution in [2.24, 2.45) is 0 Å². The molecule has 0 amide bonds. The highest BCUT2D eigenvalue weighted by Gasteiger charge is 2.37. The van der Waals surface area contributed by atoms with Gasteiger partial charge in [0.05, 0.1) is 38.5 Å². The Balaban J connectivity index is 0.000000260. The first-order valence-corrected chi connectivity index (χ1v) is 8.62. The number of hydrogen-bond acceptors (Lipinski definition) is 6. The van der Waals surface area contributed by atoms with Crippen LogP contribution >= 0.6 is 0 Å². The highest BCUT2D eigenvalue weighted by atomic mass is 19.1. The van der Waals surface area contributed by atoms with Crippen LogP contribution in [0.15, 0.2) is 23.8 Å². The van der Waals surface area contributed by atoms with Gasteiger partial charge in [-0.05, 0) is 53.9 Å². The monoisotopic (exact) mass is 378 g/mol. The van der Waals surface area contributed by atoms with Gasteiger partial charge in [0.1, 0.15) is 23.1 Å². The number of rotatable bonds is 4. The highest BCUT2D eigenvalue weighted by Crippen LogP contribution is 2.27. The molecule has 0 aromatic heterocycles. The topological polar surface area (TPSA) is 65.4 Å². The molecule has 2 N–H and O–H groups in total. The summed E-state index contributed by atoms with van der Waals surface area (Å²) in [7, 11) is 3.75. The van der Waals surface area contributed by atoms with Gasteiger partial charge in [-0.25, -0.2) is 8.78 Å². The molecule has 2 heterocycles. The number of aliphatic hydroxyl groups is 2. The van der Waals surface area contributed by atoms with Crippen molar-refractivity contribution in [3.63, 3.8) is 0 Å². The van der Waals surface area contributed by atoms with Gasteiger partial charge in [0.2, 0.25) is 0 Å². The molecule has 0 aliphatic carbocycles. The first kappa shape index (κ1) is 23.1. The molecule has 0 saturated carbocycles. The Kier molecular flexibility index (Phi) is 8.32. The minimum atomic E-state index is -0.537. The maximum Gasteiger partial charge on any atom is 0.123 e. The highest BCUT2D eigenvalue weighted by molar-refractivity contribution is 5.04. The Morgan fingerprint density at radius 3 is 1.38 bits per heavy atom. The summed E-state index contributed by atoms with van der Waals surface area (Å²) in [4.78, 5) is 3.87. The minimum Gasteiger partial charge on any atom is -0.389 e. The zero-order valence-corrected chi connectivity index (χ0v) is 16.5. The summed E-state index contributed by atoms with van der Waals surface area (Å²) in [6.07, 6.45) is 2.80. The third-order valence-corrected chi connectivity index (χ3v) is 4.96. The predicted molar refractivity (Wildman–Crippen MR) is 95.7 cm³/mol. The largest absolute Gasteiger partial charge is 0.389 e. The Morgan fingerprint density at radius 1 is 0.885 bits per heavy atom. The molecule has 0 aromatic carbocycles. The van der Waals surface area contributed by atoms with E-state index in [4.69, 9.17) is 19.7 Å². The van der Waals surface area contributed by atoms with E-state index in [-0.39, 0.29) is 23.5 Å². The third kappa shape index (κ3) is 6.07. The van der Waals surface area contributed by atoms with Gasteiger partial charge >= 0.3 is 0 Å². The summed E-state index contributed by atoms with van der Waals surface area (Å²) in [5.74, 6) is -1.00. The van der Waals surface area contributed by atoms with E-state index < -0.39 is 24.9 Å². The van der Waals surface area contributed by atoms with Gasteiger partial charge in [-0.2, -0.15) is 0 Å². The van der Waals surface area contributed by atoms with Crippen LogP contribution in [0.2, 0.25) is 0 Å². The van der Waals surface area contributed by atoms with Crippen LogP contribution in [0, 0.1) is 0 Å². The molecule has 8 heteroatoms. The zero-order valence-electron chi connectivity index (χ0n) is 16.5. The summed E-state index contributed by atoms with van der Waals surface area (Å²) in [6.45, 7) is 7.58. The molecule has 0 radical (unpaired) electrons. The van der Waals surface area contributed by atoms with Gasteiger partial charge in [0.15, 0.2) is 0 Å². The van der Waals surface area contributed by atoms with E-state index in [1.165, 1.54) is 12.2 Å². The smallest absolute Gasteiger partial charge is 0.123 e. The lowest BCUT2D eigenvalue weighted by molar-refractivity contribution is -0.0405. The lowest BCUT2D eigenvalue weighted by Crippen LogP contribution is -2.39. The summed E-state index contributed by atoms with van der Waals surface area (Å²) >= 11 is 0. The van der Waals surface area contributed by atoms with E-state index >= 15 is 0 Å². The van der Waals surface area contributed by atoms with E-state index in [1.54, 1.807) is 0 Å². The van der Waals surface area contributed by atoms with Crippen molar-refractivity contribution in [1.82, 2.24) is 9.80 Å². The van der Waals surface area contributed by atoms with Gasteiger partial charge in [-0.15, -0.1) is 0 Å². The van der Waals surface area contributed by atoms with E-state index in [0.29, 0.717) is 13.2 Å². The Labute approximate surface area is 154 Å². The number of hydrogen-bond donors (Lipinski definition) is 2. The third-order valence-electron chi connectivity index (χ3n) is 4.96. The first-order valence-electron chi connectivity index (χ1n) is 8.62. The Morgan fingerprint density at radius 2 is 1.19 bits per heavy atom. The lowest BCUT2D eigenvalue weighted by atomic mass is 10.2. The molecule has 0 bridgehead atoms. The van der Waals surface area contributed by atoms with Gasteiger partial charge < -0.3 is 19.7 Å². The predicted octanol–water partition coefficient (Wildman–Crippen LogP) is 1.80. The molecule has 0 unspecified atom stereocenters. The Bertz CT molecular complexity index is 477. The molecule has 6 nitrogen and oxygen atoms in total. The van der Waals surface area contributed by atoms with E-state index in [9.17, 15) is 8.78 Å². The molecular weight excluding hydrogens is 346 g/mol. The second kappa shape index (κ2) is 9.34. The molecular formula is C18H32F2N2O4. The standard InChI is InChI=1S/2C9H16FNO2/c2*1-9(2)11(3)8(6-13-9)4-7(10)5-12/h2*4,8,12H,5-6H2,1-3H3/b7-4+;7-4-/t2*8-/m00/s1. The number of ether oxygens (including phenoxy) is 2. The maximum absolute atomic E-state index is 12.7. The summed E-state index contributed by atoms with van der Waals surface area (Å²) in [5.41, 5.74) is -0.701. The van der Waals surface area contributed by atoms with Gasteiger partial charge in [-0.3, -0.25) is 9.80 Å². The number of aliphatic hydroxyl groups excluding tert-OH is 2. The number of nitrogens with zero attached hydrogens (tertiary/aromatic N) is 2. The van der Waals surface area contributed by atoms with Crippen molar-refractivity contribution < 1.29 is 28.5 Å². The second-order valence-corrected chi connectivity index (χ2v) is 7.42. The fourth-order valence-electron chi connectivity index (χ4n) is 2.65. The molecule has 2 fully saturated rings. The molecule has 2 atom stereocenters. The molecule has 2 aliphatic heterocycles. The van der Waals surface area contributed by atoms with Crippen molar-refractivity contribution in [1.29, 1.82) is 0 Å². The van der Waals surface area contributed by atoms with Gasteiger partial charge in [0.25, 0.3) is 0 Å². The van der Waals surface area contributed by atoms with Gasteiger partial charge in [0, 0.05) is 0 Å². The minimum absolute atomic E-state index is 0.0813. The molecule has 2 rings (SSSR count). The Hall–Kier alpha value is -0.900. The molecule has 26 heavy (non-hydrogen) atoms. The molecule has 152 valence electrons. The summed E-state index contributed by atoms with van der Waals surface area (Å²) in [5, 5.41) is 17.0. The quantitative estimate of drug-likeness (QED) is 0.778. The average molecular weight is 378 g/mol. The summed E-state index contributed by atoms with van der Waals surface area (Å²) in [6, 6.07) is -0.163. The fraction of sp³-hybridized carbons (Fsp3) is 0.778. The van der Waals surface area contributed by atoms with E-state index in [1.807, 2.05) is 51.6 Å². The van der Waals surface area contributed by atoms with Crippen molar-refractivity contribution in [3.05, 3.63) is 23.8 Å². The first-order chi connectivity index (χ1) is 11.9. The van der Waals surface area contributed by atoms with Crippen LogP contribution in [0.5, 0.6) is 0 Å². The molecule has 2 saturated heterocycles. The summed E-state index contributed by atoms with van der Waals surface area (Å²) < 4.78 is 36.4. The molecule has 0 spiro atoms. The molecule has 2 aliphatic rings. The normalized spacial score (nSPS) is 29.6. The second-order valence-electron chi connectivity index (χ2n) is 7.42. The SMILES string of the molecule is CN1[C@@H](/C=C(/F)CO)COC1(C)C.CN1[C@@H](/C=C(\F)CO)COC1(C)C. The van der Waals surface area contributed by atoms with Crippen molar-refractivity contribution in [2.45, 2.75) is 51.2 Å². The van der Waals surface area contributed by atoms with Crippen LogP contribution < -0.4 is 0 Å². The van der Waals surface area contributed by atoms with Crippen LogP contribution in [0.4, 0.5) is 8.78 Å². The maximum atomic E-state index is 12.7.